The van der Waals surface area contributed by atoms with Gasteiger partial charge in [-0.25, -0.2) is 0 Å². The number of thiocarbonyl (C=S) groups is 1. The van der Waals surface area contributed by atoms with E-state index in [1.54, 1.807) is 0 Å². The first-order valence-corrected chi connectivity index (χ1v) is 9.22. The van der Waals surface area contributed by atoms with Crippen LogP contribution in [0.2, 0.25) is 0 Å². The molecule has 1 aromatic heterocycles. The van der Waals surface area contributed by atoms with Gasteiger partial charge in [-0.05, 0) is 49.0 Å². The number of aromatic nitrogens is 1. The average molecular weight is 362 g/mol. The summed E-state index contributed by atoms with van der Waals surface area (Å²) in [6.45, 7) is 6.07. The molecule has 0 saturated carbocycles. The van der Waals surface area contributed by atoms with Gasteiger partial charge < -0.3 is 20.3 Å². The Morgan fingerprint density at radius 2 is 2.16 bits per heavy atom. The fourth-order valence-corrected chi connectivity index (χ4v) is 3.01. The first kappa shape index (κ1) is 19.4. The lowest BCUT2D eigenvalue weighted by Crippen LogP contribution is -2.41. The van der Waals surface area contributed by atoms with Gasteiger partial charge in [0.1, 0.15) is 0 Å². The summed E-state index contributed by atoms with van der Waals surface area (Å²) in [5.74, 6) is 0. The van der Waals surface area contributed by atoms with Gasteiger partial charge in [-0.15, -0.1) is 0 Å². The van der Waals surface area contributed by atoms with E-state index in [-0.39, 0.29) is 12.2 Å². The van der Waals surface area contributed by atoms with Crippen LogP contribution in [0.3, 0.4) is 0 Å². The lowest BCUT2D eigenvalue weighted by atomic mass is 10.1. The Labute approximate surface area is 154 Å². The summed E-state index contributed by atoms with van der Waals surface area (Å²) in [6, 6.07) is 7.90. The van der Waals surface area contributed by atoms with E-state index in [0.29, 0.717) is 30.2 Å². The summed E-state index contributed by atoms with van der Waals surface area (Å²) in [5, 5.41) is 14.0. The Balaban J connectivity index is 2.22. The highest BCUT2D eigenvalue weighted by Gasteiger charge is 2.13. The zero-order valence-electron chi connectivity index (χ0n) is 15.0. The maximum Gasteiger partial charge on any atom is 0.253 e. The molecule has 6 heteroatoms. The van der Waals surface area contributed by atoms with Crippen LogP contribution >= 0.6 is 12.2 Å². The fraction of sp³-hybridized carbons (Fsp3) is 0.474. The molecule has 1 heterocycles. The lowest BCUT2D eigenvalue weighted by molar-refractivity contribution is 0.264. The molecule has 3 N–H and O–H groups in total. The van der Waals surface area contributed by atoms with Crippen molar-refractivity contribution in [1.29, 1.82) is 0 Å². The molecule has 0 spiro atoms. The fourth-order valence-electron chi connectivity index (χ4n) is 2.75. The summed E-state index contributed by atoms with van der Waals surface area (Å²) < 4.78 is 0. The van der Waals surface area contributed by atoms with Crippen molar-refractivity contribution in [2.45, 2.75) is 39.7 Å². The highest BCUT2D eigenvalue weighted by molar-refractivity contribution is 7.80. The number of unbranched alkanes of at least 4 members (excludes halogenated alkanes) is 1. The Hall–Kier alpha value is -1.92. The van der Waals surface area contributed by atoms with Gasteiger partial charge in [0.25, 0.3) is 5.56 Å². The number of fused-ring (bicyclic) bond motifs is 1. The molecule has 25 heavy (non-hydrogen) atoms. The number of aryl methyl sites for hydroxylation is 1. The minimum absolute atomic E-state index is 0.0906. The van der Waals surface area contributed by atoms with Crippen LogP contribution in [0.5, 0.6) is 0 Å². The second-order valence-corrected chi connectivity index (χ2v) is 6.63. The van der Waals surface area contributed by atoms with Gasteiger partial charge in [0.2, 0.25) is 0 Å². The number of hydrogen-bond donors (Lipinski definition) is 3. The number of nitrogens with one attached hydrogen (secondary N) is 2. The van der Waals surface area contributed by atoms with Crippen molar-refractivity contribution in [2.24, 2.45) is 0 Å². The van der Waals surface area contributed by atoms with Crippen LogP contribution in [-0.2, 0) is 6.54 Å². The smallest absolute Gasteiger partial charge is 0.253 e. The molecular weight excluding hydrogens is 334 g/mol. The van der Waals surface area contributed by atoms with E-state index in [1.807, 2.05) is 36.1 Å². The highest BCUT2D eigenvalue weighted by Crippen LogP contribution is 2.16. The van der Waals surface area contributed by atoms with Crippen LogP contribution in [0.25, 0.3) is 10.9 Å². The molecule has 0 atom stereocenters. The van der Waals surface area contributed by atoms with Crippen molar-refractivity contribution in [3.63, 3.8) is 0 Å². The molecule has 0 amide bonds. The third kappa shape index (κ3) is 5.28. The second-order valence-electron chi connectivity index (χ2n) is 6.25. The molecule has 0 fully saturated rings. The van der Waals surface area contributed by atoms with Crippen LogP contribution in [0.1, 0.15) is 37.3 Å². The van der Waals surface area contributed by atoms with Gasteiger partial charge in [0, 0.05) is 25.3 Å². The third-order valence-corrected chi connectivity index (χ3v) is 4.61. The van der Waals surface area contributed by atoms with Gasteiger partial charge in [-0.2, -0.15) is 0 Å². The van der Waals surface area contributed by atoms with Gasteiger partial charge in [-0.1, -0.05) is 31.5 Å². The number of benzene rings is 1. The Kier molecular flexibility index (Phi) is 7.40. The van der Waals surface area contributed by atoms with Crippen molar-refractivity contribution in [1.82, 2.24) is 15.2 Å². The minimum Gasteiger partial charge on any atom is -0.396 e. The Morgan fingerprint density at radius 3 is 2.88 bits per heavy atom. The number of para-hydroxylation sites is 1. The summed E-state index contributed by atoms with van der Waals surface area (Å²) in [5.41, 5.74) is 2.51. The topological polar surface area (TPSA) is 68.4 Å². The number of aromatic amines is 1. The maximum absolute atomic E-state index is 12.5. The molecule has 1 aromatic carbocycles. The molecule has 136 valence electrons. The van der Waals surface area contributed by atoms with Crippen LogP contribution in [0.4, 0.5) is 0 Å². The molecule has 2 aromatic rings. The SMILES string of the molecule is CCCCNC(=S)N(CCCO)Cc1cc2cccc(C)c2[nH]c1=O. The van der Waals surface area contributed by atoms with E-state index >= 15 is 0 Å². The van der Waals surface area contributed by atoms with Gasteiger partial charge in [-0.3, -0.25) is 4.79 Å². The van der Waals surface area contributed by atoms with Crippen LogP contribution in [-0.4, -0.2) is 39.8 Å². The van der Waals surface area contributed by atoms with Gasteiger partial charge >= 0.3 is 0 Å². The lowest BCUT2D eigenvalue weighted by Gasteiger charge is -2.25. The zero-order chi connectivity index (χ0) is 18.2. The summed E-state index contributed by atoms with van der Waals surface area (Å²) in [7, 11) is 0. The molecule has 0 radical (unpaired) electrons. The van der Waals surface area contributed by atoms with Crippen LogP contribution in [0, 0.1) is 6.92 Å². The van der Waals surface area contributed by atoms with Crippen molar-refractivity contribution < 1.29 is 5.11 Å². The van der Waals surface area contributed by atoms with E-state index < -0.39 is 0 Å². The molecule has 0 aliphatic rings. The van der Waals surface area contributed by atoms with Crippen molar-refractivity contribution >= 4 is 28.2 Å². The summed E-state index contributed by atoms with van der Waals surface area (Å²) >= 11 is 5.48. The average Bonchev–Trinajstić information content (AvgIpc) is 2.60. The molecule has 2 rings (SSSR count). The standard InChI is InChI=1S/C19H27N3O2S/c1-3-4-9-20-19(25)22(10-6-11-23)13-16-12-15-8-5-7-14(2)17(15)21-18(16)24/h5,7-8,12,23H,3-4,6,9-11,13H2,1-2H3,(H,20,25)(H,21,24). The van der Waals surface area contributed by atoms with Gasteiger partial charge in [0.05, 0.1) is 12.1 Å². The second kappa shape index (κ2) is 9.53. The molecule has 5 nitrogen and oxygen atoms in total. The predicted molar refractivity (Wildman–Crippen MR) is 107 cm³/mol. The summed E-state index contributed by atoms with van der Waals surface area (Å²) in [4.78, 5) is 17.4. The van der Waals surface area contributed by atoms with Crippen LogP contribution in [0.15, 0.2) is 29.1 Å². The largest absolute Gasteiger partial charge is 0.396 e. The Bertz CT molecular complexity index is 773. The zero-order valence-corrected chi connectivity index (χ0v) is 15.8. The number of aliphatic hydroxyl groups excluding tert-OH is 1. The third-order valence-electron chi connectivity index (χ3n) is 4.21. The first-order valence-electron chi connectivity index (χ1n) is 8.82. The number of hydrogen-bond acceptors (Lipinski definition) is 3. The number of H-pyrrole nitrogens is 1. The van der Waals surface area contributed by atoms with Crippen molar-refractivity contribution in [3.05, 3.63) is 45.7 Å². The highest BCUT2D eigenvalue weighted by atomic mass is 32.1. The van der Waals surface area contributed by atoms with Crippen molar-refractivity contribution in [3.8, 4) is 0 Å². The number of pyridine rings is 1. The predicted octanol–water partition coefficient (Wildman–Crippen LogP) is 2.70. The number of nitrogens with zero attached hydrogens (tertiary/aromatic N) is 1. The maximum atomic E-state index is 12.5. The van der Waals surface area contributed by atoms with E-state index in [2.05, 4.69) is 17.2 Å². The molecule has 0 bridgehead atoms. The van der Waals surface area contributed by atoms with Crippen LogP contribution < -0.4 is 10.9 Å². The van der Waals surface area contributed by atoms with E-state index in [1.165, 1.54) is 0 Å². The Morgan fingerprint density at radius 1 is 1.36 bits per heavy atom. The number of aliphatic hydroxyl groups is 1. The molecule has 0 saturated heterocycles. The normalized spacial score (nSPS) is 10.8. The quantitative estimate of drug-likeness (QED) is 0.498. The van der Waals surface area contributed by atoms with Gasteiger partial charge in [0.15, 0.2) is 5.11 Å². The van der Waals surface area contributed by atoms with E-state index in [9.17, 15) is 4.79 Å². The summed E-state index contributed by atoms with van der Waals surface area (Å²) in [6.07, 6.45) is 2.75. The minimum atomic E-state index is -0.0906. The van der Waals surface area contributed by atoms with Crippen molar-refractivity contribution in [2.75, 3.05) is 19.7 Å². The molecule has 0 unspecified atom stereocenters. The molecule has 0 aliphatic carbocycles. The van der Waals surface area contributed by atoms with E-state index in [4.69, 9.17) is 17.3 Å². The monoisotopic (exact) mass is 361 g/mol. The first-order chi connectivity index (χ1) is 12.1. The van der Waals surface area contributed by atoms with E-state index in [0.717, 1.165) is 35.9 Å². The molecule has 0 aliphatic heterocycles. The molecular formula is C19H27N3O2S. The number of rotatable bonds is 8.